The van der Waals surface area contributed by atoms with E-state index < -0.39 is 5.97 Å². The van der Waals surface area contributed by atoms with Crippen molar-refractivity contribution in [2.75, 3.05) is 39.9 Å². The lowest BCUT2D eigenvalue weighted by molar-refractivity contribution is -0.928. The molecular formula is C15H34NO3+. The van der Waals surface area contributed by atoms with Crippen LogP contribution in [0.3, 0.4) is 0 Å². The Morgan fingerprint density at radius 2 is 1.21 bits per heavy atom. The Hall–Kier alpha value is -0.610. The van der Waals surface area contributed by atoms with E-state index in [-0.39, 0.29) is 6.61 Å². The van der Waals surface area contributed by atoms with Gasteiger partial charge in [0.1, 0.15) is 6.61 Å². The summed E-state index contributed by atoms with van der Waals surface area (Å²) in [6.45, 7) is 14.6. The minimum absolute atomic E-state index is 0.208. The van der Waals surface area contributed by atoms with Crippen LogP contribution in [0.15, 0.2) is 0 Å². The molecule has 1 N–H and O–H groups in total. The smallest absolute Gasteiger partial charge is 0.329 e. The molecule has 0 amide bonds. The lowest BCUT2D eigenvalue weighted by Crippen LogP contribution is -2.50. The molecule has 0 aromatic heterocycles. The molecule has 0 rings (SSSR count). The second kappa shape index (κ2) is 13.8. The van der Waals surface area contributed by atoms with Crippen LogP contribution in [0.25, 0.3) is 0 Å². The Kier molecular flexibility index (Phi) is 15.1. The van der Waals surface area contributed by atoms with Crippen molar-refractivity contribution < 1.29 is 19.1 Å². The van der Waals surface area contributed by atoms with Gasteiger partial charge >= 0.3 is 5.97 Å². The first-order valence-corrected chi connectivity index (χ1v) is 7.57. The molecule has 0 saturated carbocycles. The number of nitrogens with zero attached hydrogens (tertiary/aromatic N) is 1. The van der Waals surface area contributed by atoms with Gasteiger partial charge in [-0.1, -0.05) is 27.7 Å². The Balaban J connectivity index is 0. The van der Waals surface area contributed by atoms with E-state index in [0.717, 1.165) is 0 Å². The summed E-state index contributed by atoms with van der Waals surface area (Å²) in [7, 11) is 1.34. The summed E-state index contributed by atoms with van der Waals surface area (Å²) in [5.74, 6) is -0.933. The normalized spacial score (nSPS) is 10.8. The Morgan fingerprint density at radius 3 is 1.32 bits per heavy atom. The van der Waals surface area contributed by atoms with Gasteiger partial charge in [0.2, 0.25) is 0 Å². The fraction of sp³-hybridized carbons (Fsp3) is 0.933. The quantitative estimate of drug-likeness (QED) is 0.623. The number of carboxylic acid groups (broad SMARTS) is 1. The number of rotatable bonds is 10. The molecule has 0 aliphatic carbocycles. The van der Waals surface area contributed by atoms with Crippen LogP contribution in [0, 0.1) is 0 Å². The third-order valence-corrected chi connectivity index (χ3v) is 3.06. The predicted octanol–water partition coefficient (Wildman–Crippen LogP) is 3.16. The van der Waals surface area contributed by atoms with Gasteiger partial charge in [-0.2, -0.15) is 0 Å². The number of methoxy groups -OCH3 is 1. The fourth-order valence-corrected chi connectivity index (χ4v) is 2.69. The molecule has 0 aromatic rings. The van der Waals surface area contributed by atoms with Crippen LogP contribution in [0.4, 0.5) is 0 Å². The van der Waals surface area contributed by atoms with Gasteiger partial charge in [-0.3, -0.25) is 0 Å². The highest BCUT2D eigenvalue weighted by atomic mass is 16.5. The maximum absolute atomic E-state index is 9.47. The maximum atomic E-state index is 9.47. The number of aliphatic carboxylic acids is 1. The molecule has 0 fully saturated rings. The monoisotopic (exact) mass is 276 g/mol. The molecular weight excluding hydrogens is 242 g/mol. The predicted molar refractivity (Wildman–Crippen MR) is 80.4 cm³/mol. The lowest BCUT2D eigenvalue weighted by atomic mass is 10.2. The van der Waals surface area contributed by atoms with Crippen LogP contribution in [0.2, 0.25) is 0 Å². The lowest BCUT2D eigenvalue weighted by Gasteiger charge is -2.38. The zero-order valence-electron chi connectivity index (χ0n) is 13.6. The average molecular weight is 276 g/mol. The van der Waals surface area contributed by atoms with Crippen molar-refractivity contribution in [2.45, 2.75) is 53.4 Å². The van der Waals surface area contributed by atoms with E-state index in [1.54, 1.807) is 0 Å². The van der Waals surface area contributed by atoms with Gasteiger partial charge in [0, 0.05) is 7.11 Å². The van der Waals surface area contributed by atoms with Gasteiger partial charge in [-0.15, -0.1) is 0 Å². The van der Waals surface area contributed by atoms with Crippen LogP contribution in [0.1, 0.15) is 53.4 Å². The standard InChI is InChI=1S/C12H28N.C3H6O3/c1-5-9-13(10-6-2,11-7-3)12-8-4;1-6-2-3(4)5/h5-12H2,1-4H3;2H2,1H3,(H,4,5)/q+1;. The van der Waals surface area contributed by atoms with Crippen LogP contribution in [0.5, 0.6) is 0 Å². The Bertz CT molecular complexity index is 178. The zero-order chi connectivity index (χ0) is 15.1. The molecule has 4 nitrogen and oxygen atoms in total. The summed E-state index contributed by atoms with van der Waals surface area (Å²) in [5.41, 5.74) is 0. The van der Waals surface area contributed by atoms with Gasteiger partial charge in [0.25, 0.3) is 0 Å². The zero-order valence-corrected chi connectivity index (χ0v) is 13.6. The second-order valence-electron chi connectivity index (χ2n) is 5.06. The Labute approximate surface area is 119 Å². The molecule has 0 aliphatic rings. The van der Waals surface area contributed by atoms with Gasteiger partial charge < -0.3 is 14.3 Å². The summed E-state index contributed by atoms with van der Waals surface area (Å²) in [6, 6.07) is 0. The molecule has 0 aliphatic heterocycles. The highest BCUT2D eigenvalue weighted by Crippen LogP contribution is 2.12. The number of ether oxygens (including phenoxy) is 1. The minimum atomic E-state index is -0.933. The molecule has 0 atom stereocenters. The molecule has 0 unspecified atom stereocenters. The summed E-state index contributed by atoms with van der Waals surface area (Å²) >= 11 is 0. The topological polar surface area (TPSA) is 46.5 Å². The SMILES string of the molecule is CCC[N+](CCC)(CCC)CCC.COCC(=O)O. The van der Waals surface area contributed by atoms with Crippen LogP contribution < -0.4 is 0 Å². The van der Waals surface area contributed by atoms with Crippen molar-refractivity contribution in [1.29, 1.82) is 0 Å². The number of hydrogen-bond acceptors (Lipinski definition) is 2. The number of carbonyl (C=O) groups is 1. The first kappa shape index (κ1) is 20.7. The minimum Gasteiger partial charge on any atom is -0.480 e. The van der Waals surface area contributed by atoms with Gasteiger partial charge in [-0.05, 0) is 25.7 Å². The molecule has 4 heteroatoms. The van der Waals surface area contributed by atoms with Crippen molar-refractivity contribution in [2.24, 2.45) is 0 Å². The molecule has 0 saturated heterocycles. The molecule has 0 aromatic carbocycles. The van der Waals surface area contributed by atoms with E-state index in [1.165, 1.54) is 63.5 Å². The van der Waals surface area contributed by atoms with E-state index in [4.69, 9.17) is 5.11 Å². The third-order valence-electron chi connectivity index (χ3n) is 3.06. The van der Waals surface area contributed by atoms with Gasteiger partial charge in [-0.25, -0.2) is 4.79 Å². The number of hydrogen-bond donors (Lipinski definition) is 1. The molecule has 116 valence electrons. The summed E-state index contributed by atoms with van der Waals surface area (Å²) in [6.07, 6.45) is 5.33. The van der Waals surface area contributed by atoms with Gasteiger partial charge in [0.15, 0.2) is 0 Å². The van der Waals surface area contributed by atoms with E-state index >= 15 is 0 Å². The molecule has 0 bridgehead atoms. The van der Waals surface area contributed by atoms with E-state index in [9.17, 15) is 4.79 Å². The Morgan fingerprint density at radius 1 is 0.895 bits per heavy atom. The maximum Gasteiger partial charge on any atom is 0.329 e. The largest absolute Gasteiger partial charge is 0.480 e. The van der Waals surface area contributed by atoms with E-state index in [1.807, 2.05) is 0 Å². The molecule has 19 heavy (non-hydrogen) atoms. The first-order valence-electron chi connectivity index (χ1n) is 7.57. The number of carboxylic acids is 1. The van der Waals surface area contributed by atoms with Crippen molar-refractivity contribution in [3.63, 3.8) is 0 Å². The van der Waals surface area contributed by atoms with Crippen molar-refractivity contribution in [3.05, 3.63) is 0 Å². The highest BCUT2D eigenvalue weighted by molar-refractivity contribution is 5.67. The highest BCUT2D eigenvalue weighted by Gasteiger charge is 2.22. The molecule has 0 heterocycles. The number of quaternary nitrogens is 1. The van der Waals surface area contributed by atoms with Crippen LogP contribution in [-0.4, -0.2) is 55.5 Å². The molecule has 0 spiro atoms. The fourth-order valence-electron chi connectivity index (χ4n) is 2.69. The molecule has 0 radical (unpaired) electrons. The summed E-state index contributed by atoms with van der Waals surface area (Å²) < 4.78 is 5.58. The van der Waals surface area contributed by atoms with Crippen LogP contribution in [-0.2, 0) is 9.53 Å². The van der Waals surface area contributed by atoms with Gasteiger partial charge in [0.05, 0.1) is 26.2 Å². The first-order chi connectivity index (χ1) is 9.01. The summed E-state index contributed by atoms with van der Waals surface area (Å²) in [5, 5.41) is 7.79. The summed E-state index contributed by atoms with van der Waals surface area (Å²) in [4.78, 5) is 9.47. The average Bonchev–Trinajstić information content (AvgIpc) is 2.31. The third kappa shape index (κ3) is 12.2. The van der Waals surface area contributed by atoms with Crippen molar-refractivity contribution in [3.8, 4) is 0 Å². The van der Waals surface area contributed by atoms with E-state index in [0.29, 0.717) is 0 Å². The van der Waals surface area contributed by atoms with E-state index in [2.05, 4.69) is 32.4 Å². The van der Waals surface area contributed by atoms with Crippen molar-refractivity contribution in [1.82, 2.24) is 0 Å². The second-order valence-corrected chi connectivity index (χ2v) is 5.06. The van der Waals surface area contributed by atoms with Crippen molar-refractivity contribution >= 4 is 5.97 Å². The van der Waals surface area contributed by atoms with Crippen LogP contribution >= 0.6 is 0 Å².